The van der Waals surface area contributed by atoms with Gasteiger partial charge >= 0.3 is 0 Å². The summed E-state index contributed by atoms with van der Waals surface area (Å²) in [4.78, 5) is 0. The van der Waals surface area contributed by atoms with Gasteiger partial charge in [-0.25, -0.2) is 0 Å². The van der Waals surface area contributed by atoms with Crippen molar-refractivity contribution in [1.82, 2.24) is 9.78 Å². The fraction of sp³-hybridized carbons (Fsp3) is 0.267. The molecule has 0 saturated carbocycles. The molecule has 0 aliphatic carbocycles. The summed E-state index contributed by atoms with van der Waals surface area (Å²) in [5, 5.41) is 5.99. The average Bonchev–Trinajstić information content (AvgIpc) is 2.95. The van der Waals surface area contributed by atoms with E-state index < -0.39 is 0 Å². The molecule has 1 atom stereocenters. The molecule has 20 heavy (non-hydrogen) atoms. The van der Waals surface area contributed by atoms with Crippen LogP contribution in [-0.4, -0.2) is 9.78 Å². The molecule has 3 aromatic rings. The maximum Gasteiger partial charge on any atom is 0.134 e. The van der Waals surface area contributed by atoms with Gasteiger partial charge < -0.3 is 10.2 Å². The standard InChI is InChI=1S/C15H16ClN3O/c1-9-11(15(16)19(2)18-9)8-12(17)14-7-10-5-3-4-6-13(10)20-14/h3-7,12H,8,17H2,1-2H3. The van der Waals surface area contributed by atoms with E-state index in [4.69, 9.17) is 21.8 Å². The zero-order valence-electron chi connectivity index (χ0n) is 11.4. The van der Waals surface area contributed by atoms with Crippen molar-refractivity contribution in [1.29, 1.82) is 0 Å². The first-order valence-electron chi connectivity index (χ1n) is 6.48. The second-order valence-corrected chi connectivity index (χ2v) is 5.33. The first-order chi connectivity index (χ1) is 9.56. The SMILES string of the molecule is Cc1nn(C)c(Cl)c1CC(N)c1cc2ccccc2o1. The Kier molecular flexibility index (Phi) is 3.28. The Morgan fingerprint density at radius 1 is 1.40 bits per heavy atom. The van der Waals surface area contributed by atoms with Crippen LogP contribution in [0, 0.1) is 6.92 Å². The number of aromatic nitrogens is 2. The average molecular weight is 290 g/mol. The molecule has 0 bridgehead atoms. The van der Waals surface area contributed by atoms with Crippen molar-refractivity contribution >= 4 is 22.6 Å². The van der Waals surface area contributed by atoms with E-state index in [1.54, 1.807) is 4.68 Å². The van der Waals surface area contributed by atoms with E-state index in [0.717, 1.165) is 28.0 Å². The van der Waals surface area contributed by atoms with Gasteiger partial charge in [0.25, 0.3) is 0 Å². The first-order valence-corrected chi connectivity index (χ1v) is 6.86. The summed E-state index contributed by atoms with van der Waals surface area (Å²) in [5.74, 6) is 0.769. The van der Waals surface area contributed by atoms with Gasteiger partial charge in [0.2, 0.25) is 0 Å². The number of hydrogen-bond acceptors (Lipinski definition) is 3. The van der Waals surface area contributed by atoms with Gasteiger partial charge in [-0.3, -0.25) is 4.68 Å². The van der Waals surface area contributed by atoms with Gasteiger partial charge in [0.05, 0.1) is 11.7 Å². The van der Waals surface area contributed by atoms with Crippen LogP contribution in [0.25, 0.3) is 11.0 Å². The van der Waals surface area contributed by atoms with Crippen LogP contribution in [0.4, 0.5) is 0 Å². The van der Waals surface area contributed by atoms with E-state index >= 15 is 0 Å². The molecule has 104 valence electrons. The molecule has 1 aromatic carbocycles. The van der Waals surface area contributed by atoms with Gasteiger partial charge in [-0.2, -0.15) is 5.10 Å². The van der Waals surface area contributed by atoms with Crippen LogP contribution in [-0.2, 0) is 13.5 Å². The summed E-state index contributed by atoms with van der Waals surface area (Å²) in [6.45, 7) is 1.94. The molecule has 3 rings (SSSR count). The predicted molar refractivity (Wildman–Crippen MR) is 79.8 cm³/mol. The number of aryl methyl sites for hydroxylation is 2. The van der Waals surface area contributed by atoms with Gasteiger partial charge in [-0.1, -0.05) is 29.8 Å². The smallest absolute Gasteiger partial charge is 0.134 e. The number of nitrogens with zero attached hydrogens (tertiary/aromatic N) is 2. The third-order valence-corrected chi connectivity index (χ3v) is 3.98. The minimum absolute atomic E-state index is 0.234. The number of benzene rings is 1. The zero-order chi connectivity index (χ0) is 14.3. The molecular formula is C15H16ClN3O. The molecular weight excluding hydrogens is 274 g/mol. The molecule has 2 heterocycles. The molecule has 0 saturated heterocycles. The van der Waals surface area contributed by atoms with Crippen molar-refractivity contribution in [2.75, 3.05) is 0 Å². The zero-order valence-corrected chi connectivity index (χ0v) is 12.2. The minimum atomic E-state index is -0.234. The molecule has 0 aliphatic rings. The molecule has 0 amide bonds. The van der Waals surface area contributed by atoms with Crippen LogP contribution in [0.1, 0.15) is 23.1 Å². The van der Waals surface area contributed by atoms with Gasteiger partial charge in [0.15, 0.2) is 0 Å². The van der Waals surface area contributed by atoms with Crippen LogP contribution in [0.2, 0.25) is 5.15 Å². The minimum Gasteiger partial charge on any atom is -0.459 e. The van der Waals surface area contributed by atoms with E-state index in [2.05, 4.69) is 5.10 Å². The maximum absolute atomic E-state index is 6.25. The topological polar surface area (TPSA) is 57.0 Å². The van der Waals surface area contributed by atoms with Crippen molar-refractivity contribution in [3.05, 3.63) is 52.5 Å². The third-order valence-electron chi connectivity index (χ3n) is 3.50. The van der Waals surface area contributed by atoms with E-state index in [0.29, 0.717) is 11.6 Å². The Morgan fingerprint density at radius 3 is 2.80 bits per heavy atom. The van der Waals surface area contributed by atoms with Gasteiger partial charge in [-0.05, 0) is 25.5 Å². The molecule has 2 N–H and O–H groups in total. The summed E-state index contributed by atoms with van der Waals surface area (Å²) in [6, 6.07) is 9.63. The quantitative estimate of drug-likeness (QED) is 0.804. The number of furan rings is 1. The normalized spacial score (nSPS) is 13.0. The Bertz CT molecular complexity index is 727. The van der Waals surface area contributed by atoms with Crippen LogP contribution in [0.3, 0.4) is 0 Å². The number of halogens is 1. The Labute approximate surface area is 122 Å². The van der Waals surface area contributed by atoms with Crippen molar-refractivity contribution < 1.29 is 4.42 Å². The van der Waals surface area contributed by atoms with Crippen molar-refractivity contribution in [3.8, 4) is 0 Å². The highest BCUT2D eigenvalue weighted by Gasteiger charge is 2.18. The van der Waals surface area contributed by atoms with Gasteiger partial charge in [-0.15, -0.1) is 0 Å². The summed E-state index contributed by atoms with van der Waals surface area (Å²) >= 11 is 6.24. The summed E-state index contributed by atoms with van der Waals surface area (Å²) < 4.78 is 7.46. The van der Waals surface area contributed by atoms with Crippen molar-refractivity contribution in [2.45, 2.75) is 19.4 Å². The molecule has 0 aliphatic heterocycles. The van der Waals surface area contributed by atoms with Gasteiger partial charge in [0, 0.05) is 18.0 Å². The fourth-order valence-corrected chi connectivity index (χ4v) is 2.66. The Balaban J connectivity index is 1.90. The largest absolute Gasteiger partial charge is 0.459 e. The molecule has 2 aromatic heterocycles. The first kappa shape index (κ1) is 13.2. The lowest BCUT2D eigenvalue weighted by Gasteiger charge is -2.08. The number of nitrogens with two attached hydrogens (primary N) is 1. The Morgan fingerprint density at radius 2 is 2.15 bits per heavy atom. The van der Waals surface area contributed by atoms with Gasteiger partial charge in [0.1, 0.15) is 16.5 Å². The summed E-state index contributed by atoms with van der Waals surface area (Å²) in [5.41, 5.74) is 8.98. The fourth-order valence-electron chi connectivity index (χ4n) is 2.41. The molecule has 0 radical (unpaired) electrons. The molecule has 1 unspecified atom stereocenters. The molecule has 5 heteroatoms. The van der Waals surface area contributed by atoms with E-state index in [-0.39, 0.29) is 6.04 Å². The number of para-hydroxylation sites is 1. The lowest BCUT2D eigenvalue weighted by atomic mass is 10.1. The molecule has 0 fully saturated rings. The highest BCUT2D eigenvalue weighted by Crippen LogP contribution is 2.28. The number of fused-ring (bicyclic) bond motifs is 1. The number of rotatable bonds is 3. The number of hydrogen-bond donors (Lipinski definition) is 1. The predicted octanol–water partition coefficient (Wildman–Crippen LogP) is 3.37. The molecule has 4 nitrogen and oxygen atoms in total. The van der Waals surface area contributed by atoms with E-state index in [1.807, 2.05) is 44.3 Å². The maximum atomic E-state index is 6.25. The third kappa shape index (κ3) is 2.21. The van der Waals surface area contributed by atoms with Crippen molar-refractivity contribution in [3.63, 3.8) is 0 Å². The van der Waals surface area contributed by atoms with E-state index in [9.17, 15) is 0 Å². The molecule has 0 spiro atoms. The van der Waals surface area contributed by atoms with E-state index in [1.165, 1.54) is 0 Å². The van der Waals surface area contributed by atoms with Crippen LogP contribution >= 0.6 is 11.6 Å². The van der Waals surface area contributed by atoms with Crippen molar-refractivity contribution in [2.24, 2.45) is 12.8 Å². The summed E-state index contributed by atoms with van der Waals surface area (Å²) in [7, 11) is 1.82. The highest BCUT2D eigenvalue weighted by atomic mass is 35.5. The van der Waals surface area contributed by atoms with Crippen LogP contribution in [0.15, 0.2) is 34.7 Å². The lowest BCUT2D eigenvalue weighted by molar-refractivity contribution is 0.493. The second kappa shape index (κ2) is 4.96. The Hall–Kier alpha value is -1.78. The van der Waals surface area contributed by atoms with Crippen LogP contribution < -0.4 is 5.73 Å². The lowest BCUT2D eigenvalue weighted by Crippen LogP contribution is -2.13. The highest BCUT2D eigenvalue weighted by molar-refractivity contribution is 6.30. The van der Waals surface area contributed by atoms with Crippen LogP contribution in [0.5, 0.6) is 0 Å². The summed E-state index contributed by atoms with van der Waals surface area (Å²) in [6.07, 6.45) is 0.609. The second-order valence-electron chi connectivity index (χ2n) is 4.98. The monoisotopic (exact) mass is 289 g/mol.